The maximum absolute atomic E-state index is 11.7. The van der Waals surface area contributed by atoms with Gasteiger partial charge in [0, 0.05) is 13.1 Å². The van der Waals surface area contributed by atoms with Crippen molar-refractivity contribution in [3.63, 3.8) is 0 Å². The van der Waals surface area contributed by atoms with Crippen molar-refractivity contribution in [2.75, 3.05) is 27.2 Å². The number of nitrogens with one attached hydrogen (secondary N) is 2. The van der Waals surface area contributed by atoms with Crippen LogP contribution in [0.2, 0.25) is 0 Å². The molecule has 0 aliphatic heterocycles. The molecule has 0 atom stereocenters. The molecule has 0 heterocycles. The first-order chi connectivity index (χ1) is 9.06. The second kappa shape index (κ2) is 7.73. The standard InChI is InChI=1S/C12H21N3O4/c1-13-12(18)14-10(16)7-15(8-11(17)19-2)9-5-3-4-6-9/h9H,3-8H2,1-2H3,(H2,13,14,16,18). The number of amides is 3. The Kier molecular flexibility index (Phi) is 6.27. The summed E-state index contributed by atoms with van der Waals surface area (Å²) in [5.41, 5.74) is 0. The zero-order valence-corrected chi connectivity index (χ0v) is 11.4. The normalized spacial score (nSPS) is 15.3. The zero-order valence-electron chi connectivity index (χ0n) is 11.4. The molecule has 0 aromatic carbocycles. The van der Waals surface area contributed by atoms with Crippen molar-refractivity contribution >= 4 is 17.9 Å². The van der Waals surface area contributed by atoms with E-state index in [9.17, 15) is 14.4 Å². The summed E-state index contributed by atoms with van der Waals surface area (Å²) in [6.07, 6.45) is 4.12. The minimum Gasteiger partial charge on any atom is -0.468 e. The lowest BCUT2D eigenvalue weighted by atomic mass is 10.2. The van der Waals surface area contributed by atoms with Crippen LogP contribution in [0.1, 0.15) is 25.7 Å². The van der Waals surface area contributed by atoms with Gasteiger partial charge in [-0.3, -0.25) is 19.8 Å². The first kappa shape index (κ1) is 15.4. The van der Waals surface area contributed by atoms with Crippen LogP contribution in [0.5, 0.6) is 0 Å². The van der Waals surface area contributed by atoms with Gasteiger partial charge in [0.05, 0.1) is 20.2 Å². The molecule has 0 spiro atoms. The Labute approximate surface area is 112 Å². The predicted octanol–water partition coefficient (Wildman–Crippen LogP) is -0.140. The van der Waals surface area contributed by atoms with Crippen LogP contribution in [0.15, 0.2) is 0 Å². The second-order valence-corrected chi connectivity index (χ2v) is 4.55. The third-order valence-corrected chi connectivity index (χ3v) is 3.23. The highest BCUT2D eigenvalue weighted by Gasteiger charge is 2.26. The van der Waals surface area contributed by atoms with Crippen LogP contribution in [0.25, 0.3) is 0 Å². The van der Waals surface area contributed by atoms with Gasteiger partial charge in [0.1, 0.15) is 0 Å². The summed E-state index contributed by atoms with van der Waals surface area (Å²) < 4.78 is 4.63. The molecule has 108 valence electrons. The highest BCUT2D eigenvalue weighted by atomic mass is 16.5. The van der Waals surface area contributed by atoms with Crippen molar-refractivity contribution in [3.8, 4) is 0 Å². The van der Waals surface area contributed by atoms with Crippen LogP contribution >= 0.6 is 0 Å². The summed E-state index contributed by atoms with van der Waals surface area (Å²) in [7, 11) is 2.76. The van der Waals surface area contributed by atoms with Gasteiger partial charge in [0.2, 0.25) is 5.91 Å². The van der Waals surface area contributed by atoms with Gasteiger partial charge < -0.3 is 10.1 Å². The van der Waals surface area contributed by atoms with E-state index in [0.717, 1.165) is 25.7 Å². The molecule has 7 nitrogen and oxygen atoms in total. The molecule has 2 N–H and O–H groups in total. The van der Waals surface area contributed by atoms with Crippen molar-refractivity contribution in [1.82, 2.24) is 15.5 Å². The first-order valence-electron chi connectivity index (χ1n) is 6.39. The van der Waals surface area contributed by atoms with E-state index in [1.807, 2.05) is 0 Å². The number of hydrogen-bond donors (Lipinski definition) is 2. The third kappa shape index (κ3) is 5.25. The van der Waals surface area contributed by atoms with E-state index in [-0.39, 0.29) is 25.1 Å². The molecular formula is C12H21N3O4. The van der Waals surface area contributed by atoms with Crippen LogP contribution in [0.4, 0.5) is 4.79 Å². The zero-order chi connectivity index (χ0) is 14.3. The molecule has 1 aliphatic carbocycles. The average molecular weight is 271 g/mol. The Balaban J connectivity index is 2.54. The van der Waals surface area contributed by atoms with Gasteiger partial charge in [-0.15, -0.1) is 0 Å². The fraction of sp³-hybridized carbons (Fsp3) is 0.750. The predicted molar refractivity (Wildman–Crippen MR) is 68.4 cm³/mol. The van der Waals surface area contributed by atoms with Crippen molar-refractivity contribution < 1.29 is 19.1 Å². The minimum atomic E-state index is -0.547. The fourth-order valence-corrected chi connectivity index (χ4v) is 2.23. The molecule has 0 aromatic rings. The summed E-state index contributed by atoms with van der Waals surface area (Å²) >= 11 is 0. The van der Waals surface area contributed by atoms with Gasteiger partial charge >= 0.3 is 12.0 Å². The summed E-state index contributed by atoms with van der Waals surface area (Å²) in [6, 6.07) is -0.344. The molecule has 19 heavy (non-hydrogen) atoms. The summed E-state index contributed by atoms with van der Waals surface area (Å²) in [5.74, 6) is -0.796. The maximum atomic E-state index is 11.7. The molecule has 1 aliphatic rings. The lowest BCUT2D eigenvalue weighted by Crippen LogP contribution is -2.47. The quantitative estimate of drug-likeness (QED) is 0.680. The molecule has 0 radical (unpaired) electrons. The molecule has 1 fully saturated rings. The number of imide groups is 1. The molecule has 1 rings (SSSR count). The molecule has 0 saturated heterocycles. The lowest BCUT2D eigenvalue weighted by Gasteiger charge is -2.26. The van der Waals surface area contributed by atoms with Gasteiger partial charge in [-0.2, -0.15) is 0 Å². The number of nitrogens with zero attached hydrogens (tertiary/aromatic N) is 1. The monoisotopic (exact) mass is 271 g/mol. The van der Waals surface area contributed by atoms with Crippen LogP contribution in [0.3, 0.4) is 0 Å². The van der Waals surface area contributed by atoms with Crippen LogP contribution in [0, 0.1) is 0 Å². The van der Waals surface area contributed by atoms with Crippen molar-refractivity contribution in [2.45, 2.75) is 31.7 Å². The van der Waals surface area contributed by atoms with E-state index in [0.29, 0.717) is 0 Å². The summed E-state index contributed by atoms with van der Waals surface area (Å²) in [4.78, 5) is 35.9. The van der Waals surface area contributed by atoms with Gasteiger partial charge in [-0.25, -0.2) is 4.79 Å². The third-order valence-electron chi connectivity index (χ3n) is 3.23. The van der Waals surface area contributed by atoms with Crippen molar-refractivity contribution in [3.05, 3.63) is 0 Å². The SMILES string of the molecule is CNC(=O)NC(=O)CN(CC(=O)OC)C1CCCC1. The number of esters is 1. The fourth-order valence-electron chi connectivity index (χ4n) is 2.23. The molecule has 0 bridgehead atoms. The minimum absolute atomic E-state index is 0.0210. The van der Waals surface area contributed by atoms with Crippen molar-refractivity contribution in [2.24, 2.45) is 0 Å². The Morgan fingerprint density at radius 3 is 2.37 bits per heavy atom. The van der Waals surface area contributed by atoms with Crippen LogP contribution < -0.4 is 10.6 Å². The van der Waals surface area contributed by atoms with E-state index in [1.54, 1.807) is 4.90 Å². The number of ether oxygens (including phenoxy) is 1. The molecule has 0 unspecified atom stereocenters. The maximum Gasteiger partial charge on any atom is 0.321 e. The van der Waals surface area contributed by atoms with Gasteiger partial charge in [-0.05, 0) is 12.8 Å². The first-order valence-corrected chi connectivity index (χ1v) is 6.39. The van der Waals surface area contributed by atoms with E-state index in [2.05, 4.69) is 15.4 Å². The van der Waals surface area contributed by atoms with E-state index >= 15 is 0 Å². The largest absolute Gasteiger partial charge is 0.468 e. The average Bonchev–Trinajstić information content (AvgIpc) is 2.91. The topological polar surface area (TPSA) is 87.7 Å². The Morgan fingerprint density at radius 2 is 1.84 bits per heavy atom. The highest BCUT2D eigenvalue weighted by Crippen LogP contribution is 2.23. The molecular weight excluding hydrogens is 250 g/mol. The number of urea groups is 1. The Bertz CT molecular complexity index is 340. The molecule has 0 aromatic heterocycles. The second-order valence-electron chi connectivity index (χ2n) is 4.55. The van der Waals surface area contributed by atoms with Gasteiger partial charge in [0.15, 0.2) is 0 Å². The molecule has 3 amide bonds. The lowest BCUT2D eigenvalue weighted by molar-refractivity contribution is -0.142. The Hall–Kier alpha value is -1.63. The van der Waals surface area contributed by atoms with Crippen LogP contribution in [-0.2, 0) is 14.3 Å². The molecule has 1 saturated carbocycles. The number of carbonyl (C=O) groups excluding carboxylic acids is 3. The van der Waals surface area contributed by atoms with Gasteiger partial charge in [0.25, 0.3) is 0 Å². The molecule has 7 heteroatoms. The highest BCUT2D eigenvalue weighted by molar-refractivity contribution is 5.95. The van der Waals surface area contributed by atoms with Crippen LogP contribution in [-0.4, -0.2) is 56.1 Å². The van der Waals surface area contributed by atoms with Crippen molar-refractivity contribution in [1.29, 1.82) is 0 Å². The summed E-state index contributed by atoms with van der Waals surface area (Å²) in [5, 5.41) is 4.50. The number of hydrogen-bond acceptors (Lipinski definition) is 5. The number of carbonyl (C=O) groups is 3. The number of methoxy groups -OCH3 is 1. The number of rotatable bonds is 5. The van der Waals surface area contributed by atoms with E-state index < -0.39 is 11.9 Å². The van der Waals surface area contributed by atoms with E-state index in [1.165, 1.54) is 14.2 Å². The smallest absolute Gasteiger partial charge is 0.321 e. The summed E-state index contributed by atoms with van der Waals surface area (Å²) in [6.45, 7) is 0.0928. The van der Waals surface area contributed by atoms with E-state index in [4.69, 9.17) is 0 Å². The Morgan fingerprint density at radius 1 is 1.21 bits per heavy atom. The van der Waals surface area contributed by atoms with Gasteiger partial charge in [-0.1, -0.05) is 12.8 Å².